The van der Waals surface area contributed by atoms with Crippen LogP contribution in [0.4, 0.5) is 5.69 Å². The van der Waals surface area contributed by atoms with Gasteiger partial charge in [-0.2, -0.15) is 0 Å². The molecule has 1 amide bonds. The number of carbonyl (C=O) groups excluding carboxylic acids is 2. The first-order valence-corrected chi connectivity index (χ1v) is 5.72. The number of hydrogen-bond donors (Lipinski definition) is 0. The van der Waals surface area contributed by atoms with E-state index in [1.54, 1.807) is 17.9 Å². The minimum Gasteiger partial charge on any atom is -0.482 e. The molecule has 5 nitrogen and oxygen atoms in total. The van der Waals surface area contributed by atoms with E-state index < -0.39 is 5.97 Å². The molecular formula is C13H15NO4. The van der Waals surface area contributed by atoms with Gasteiger partial charge in [-0.3, -0.25) is 4.79 Å². The normalized spacial score (nSPS) is 13.1. The maximum absolute atomic E-state index is 11.4. The van der Waals surface area contributed by atoms with Crippen LogP contribution in [0.25, 0.3) is 0 Å². The van der Waals surface area contributed by atoms with Gasteiger partial charge in [0.2, 0.25) is 5.91 Å². The molecule has 1 aromatic carbocycles. The van der Waals surface area contributed by atoms with Crippen LogP contribution in [-0.2, 0) is 20.7 Å². The molecule has 1 aliphatic heterocycles. The number of benzene rings is 1. The van der Waals surface area contributed by atoms with E-state index in [1.165, 1.54) is 7.11 Å². The van der Waals surface area contributed by atoms with E-state index in [0.717, 1.165) is 17.7 Å². The summed E-state index contributed by atoms with van der Waals surface area (Å²) in [5, 5.41) is 0. The molecule has 0 radical (unpaired) electrons. The largest absolute Gasteiger partial charge is 0.482 e. The van der Waals surface area contributed by atoms with Gasteiger partial charge in [-0.15, -0.1) is 0 Å². The second-order valence-electron chi connectivity index (χ2n) is 4.08. The monoisotopic (exact) mass is 249 g/mol. The Kier molecular flexibility index (Phi) is 3.50. The summed E-state index contributed by atoms with van der Waals surface area (Å²) in [6, 6.07) is 5.46. The van der Waals surface area contributed by atoms with Crippen LogP contribution in [0, 0.1) is 0 Å². The SMILES string of the molecule is COC(=O)COc1ccc2c(c1)CCN2C(C)=O. The first-order chi connectivity index (χ1) is 8.61. The van der Waals surface area contributed by atoms with E-state index in [2.05, 4.69) is 4.74 Å². The lowest BCUT2D eigenvalue weighted by atomic mass is 10.1. The zero-order valence-corrected chi connectivity index (χ0v) is 10.4. The van der Waals surface area contributed by atoms with Crippen LogP contribution in [0.15, 0.2) is 18.2 Å². The highest BCUT2D eigenvalue weighted by Crippen LogP contribution is 2.31. The van der Waals surface area contributed by atoms with Gasteiger partial charge in [-0.25, -0.2) is 4.79 Å². The van der Waals surface area contributed by atoms with Gasteiger partial charge >= 0.3 is 5.97 Å². The molecule has 0 saturated heterocycles. The van der Waals surface area contributed by atoms with Gasteiger partial charge < -0.3 is 14.4 Å². The van der Waals surface area contributed by atoms with Crippen LogP contribution in [0.1, 0.15) is 12.5 Å². The number of carbonyl (C=O) groups is 2. The highest BCUT2D eigenvalue weighted by atomic mass is 16.6. The maximum atomic E-state index is 11.4. The van der Waals surface area contributed by atoms with Gasteiger partial charge in [0.25, 0.3) is 0 Å². The number of hydrogen-bond acceptors (Lipinski definition) is 4. The third-order valence-corrected chi connectivity index (χ3v) is 2.91. The van der Waals surface area contributed by atoms with Crippen LogP contribution in [0.5, 0.6) is 5.75 Å². The van der Waals surface area contributed by atoms with Gasteiger partial charge in [0, 0.05) is 19.2 Å². The van der Waals surface area contributed by atoms with Crippen molar-refractivity contribution >= 4 is 17.6 Å². The summed E-state index contributed by atoms with van der Waals surface area (Å²) < 4.78 is 9.80. The Morgan fingerprint density at radius 1 is 1.39 bits per heavy atom. The van der Waals surface area contributed by atoms with Crippen LogP contribution < -0.4 is 9.64 Å². The lowest BCUT2D eigenvalue weighted by Crippen LogP contribution is -2.25. The number of esters is 1. The predicted octanol–water partition coefficient (Wildman–Crippen LogP) is 1.15. The zero-order valence-electron chi connectivity index (χ0n) is 10.4. The van der Waals surface area contributed by atoms with Crippen molar-refractivity contribution in [1.82, 2.24) is 0 Å². The number of methoxy groups -OCH3 is 1. The molecule has 0 aliphatic carbocycles. The number of nitrogens with zero attached hydrogens (tertiary/aromatic N) is 1. The van der Waals surface area contributed by atoms with Crippen molar-refractivity contribution in [2.75, 3.05) is 25.2 Å². The van der Waals surface area contributed by atoms with Gasteiger partial charge in [-0.05, 0) is 30.2 Å². The molecule has 96 valence electrons. The number of ether oxygens (including phenoxy) is 2. The molecule has 2 rings (SSSR count). The summed E-state index contributed by atoms with van der Waals surface area (Å²) in [7, 11) is 1.32. The van der Waals surface area contributed by atoms with Crippen molar-refractivity contribution < 1.29 is 19.1 Å². The standard InChI is InChI=1S/C13H15NO4/c1-9(15)14-6-5-10-7-11(3-4-12(10)14)18-8-13(16)17-2/h3-4,7H,5-6,8H2,1-2H3. The molecular weight excluding hydrogens is 234 g/mol. The van der Waals surface area contributed by atoms with E-state index in [0.29, 0.717) is 12.3 Å². The van der Waals surface area contributed by atoms with E-state index >= 15 is 0 Å². The molecule has 0 spiro atoms. The summed E-state index contributed by atoms with van der Waals surface area (Å²) in [6.45, 7) is 2.15. The summed E-state index contributed by atoms with van der Waals surface area (Å²) in [4.78, 5) is 24.1. The molecule has 0 aromatic heterocycles. The number of amides is 1. The van der Waals surface area contributed by atoms with Crippen LogP contribution in [0.2, 0.25) is 0 Å². The van der Waals surface area contributed by atoms with Crippen molar-refractivity contribution in [3.63, 3.8) is 0 Å². The Hall–Kier alpha value is -2.04. The Morgan fingerprint density at radius 3 is 2.83 bits per heavy atom. The molecule has 1 heterocycles. The second kappa shape index (κ2) is 5.08. The number of anilines is 1. The smallest absolute Gasteiger partial charge is 0.343 e. The fourth-order valence-corrected chi connectivity index (χ4v) is 2.00. The van der Waals surface area contributed by atoms with Crippen LogP contribution in [-0.4, -0.2) is 32.1 Å². The molecule has 1 aromatic rings. The van der Waals surface area contributed by atoms with Gasteiger partial charge in [0.05, 0.1) is 7.11 Å². The molecule has 0 unspecified atom stereocenters. The molecule has 0 atom stereocenters. The Morgan fingerprint density at radius 2 is 2.17 bits per heavy atom. The fraction of sp³-hybridized carbons (Fsp3) is 0.385. The van der Waals surface area contributed by atoms with Crippen LogP contribution in [0.3, 0.4) is 0 Å². The predicted molar refractivity (Wildman–Crippen MR) is 65.7 cm³/mol. The van der Waals surface area contributed by atoms with Crippen molar-refractivity contribution in [1.29, 1.82) is 0 Å². The van der Waals surface area contributed by atoms with E-state index in [-0.39, 0.29) is 12.5 Å². The minimum absolute atomic E-state index is 0.0389. The molecule has 0 bridgehead atoms. The summed E-state index contributed by atoms with van der Waals surface area (Å²) in [5.74, 6) is 0.238. The molecule has 1 aliphatic rings. The molecule has 0 saturated carbocycles. The van der Waals surface area contributed by atoms with Crippen molar-refractivity contribution in [3.05, 3.63) is 23.8 Å². The minimum atomic E-state index is -0.416. The van der Waals surface area contributed by atoms with E-state index in [4.69, 9.17) is 4.74 Å². The highest BCUT2D eigenvalue weighted by Gasteiger charge is 2.22. The average molecular weight is 249 g/mol. The van der Waals surface area contributed by atoms with E-state index in [9.17, 15) is 9.59 Å². The van der Waals surface area contributed by atoms with Gasteiger partial charge in [-0.1, -0.05) is 0 Å². The van der Waals surface area contributed by atoms with Crippen molar-refractivity contribution in [2.45, 2.75) is 13.3 Å². The Labute approximate surface area is 105 Å². The highest BCUT2D eigenvalue weighted by molar-refractivity contribution is 5.93. The maximum Gasteiger partial charge on any atom is 0.343 e. The second-order valence-corrected chi connectivity index (χ2v) is 4.08. The summed E-state index contributed by atoms with van der Waals surface area (Å²) in [6.07, 6.45) is 0.810. The molecule has 18 heavy (non-hydrogen) atoms. The Balaban J connectivity index is 2.10. The first kappa shape index (κ1) is 12.4. The quantitative estimate of drug-likeness (QED) is 0.754. The van der Waals surface area contributed by atoms with Crippen LogP contribution >= 0.6 is 0 Å². The Bertz CT molecular complexity index is 484. The fourth-order valence-electron chi connectivity index (χ4n) is 2.00. The number of fused-ring (bicyclic) bond motifs is 1. The lowest BCUT2D eigenvalue weighted by molar-refractivity contribution is -0.142. The molecule has 0 fully saturated rings. The zero-order chi connectivity index (χ0) is 13.1. The van der Waals surface area contributed by atoms with Crippen molar-refractivity contribution in [2.24, 2.45) is 0 Å². The van der Waals surface area contributed by atoms with Crippen molar-refractivity contribution in [3.8, 4) is 5.75 Å². The van der Waals surface area contributed by atoms with E-state index in [1.807, 2.05) is 12.1 Å². The lowest BCUT2D eigenvalue weighted by Gasteiger charge is -2.14. The van der Waals surface area contributed by atoms with Gasteiger partial charge in [0.15, 0.2) is 6.61 Å². The number of rotatable bonds is 3. The molecule has 5 heteroatoms. The van der Waals surface area contributed by atoms with Gasteiger partial charge in [0.1, 0.15) is 5.75 Å². The first-order valence-electron chi connectivity index (χ1n) is 5.72. The molecule has 0 N–H and O–H groups in total. The summed E-state index contributed by atoms with van der Waals surface area (Å²) >= 11 is 0. The topological polar surface area (TPSA) is 55.8 Å². The third kappa shape index (κ3) is 2.45. The third-order valence-electron chi connectivity index (χ3n) is 2.91. The summed E-state index contributed by atoms with van der Waals surface area (Å²) in [5.41, 5.74) is 1.99. The average Bonchev–Trinajstić information content (AvgIpc) is 2.78.